The molecule has 1 amide bonds. The molecule has 30 heavy (non-hydrogen) atoms. The minimum atomic E-state index is -0.125. The maximum Gasteiger partial charge on any atom is 0.266 e. The van der Waals surface area contributed by atoms with E-state index in [0.717, 1.165) is 36.3 Å². The summed E-state index contributed by atoms with van der Waals surface area (Å²) in [6, 6.07) is 13.2. The minimum Gasteiger partial charge on any atom is -0.376 e. The summed E-state index contributed by atoms with van der Waals surface area (Å²) in [7, 11) is 0. The van der Waals surface area contributed by atoms with Crippen LogP contribution in [0, 0.1) is 13.8 Å². The highest BCUT2D eigenvalue weighted by atomic mass is 32.2. The number of para-hydroxylation sites is 2. The van der Waals surface area contributed by atoms with Crippen LogP contribution in [0.25, 0.3) is 16.6 Å². The average molecular weight is 424 g/mol. The molecule has 3 aromatic rings. The van der Waals surface area contributed by atoms with Crippen LogP contribution in [-0.2, 0) is 9.53 Å². The van der Waals surface area contributed by atoms with Gasteiger partial charge < -0.3 is 10.1 Å². The number of carbonyl (C=O) groups is 1. The van der Waals surface area contributed by atoms with Crippen molar-refractivity contribution in [3.8, 4) is 5.69 Å². The van der Waals surface area contributed by atoms with E-state index in [2.05, 4.69) is 5.32 Å². The van der Waals surface area contributed by atoms with E-state index in [-0.39, 0.29) is 23.3 Å². The van der Waals surface area contributed by atoms with Crippen LogP contribution in [0.4, 0.5) is 0 Å². The van der Waals surface area contributed by atoms with Crippen LogP contribution in [0.2, 0.25) is 0 Å². The van der Waals surface area contributed by atoms with Gasteiger partial charge in [-0.2, -0.15) is 0 Å². The molecule has 156 valence electrons. The average Bonchev–Trinajstić information content (AvgIpc) is 3.26. The van der Waals surface area contributed by atoms with Crippen molar-refractivity contribution in [3.05, 3.63) is 63.9 Å². The number of amides is 1. The first-order chi connectivity index (χ1) is 14.5. The fraction of sp³-hybridized carbons (Fsp3) is 0.348. The normalized spacial score (nSPS) is 16.1. The van der Waals surface area contributed by atoms with Crippen molar-refractivity contribution >= 4 is 28.6 Å². The van der Waals surface area contributed by atoms with Crippen molar-refractivity contribution in [2.45, 2.75) is 37.9 Å². The Morgan fingerprint density at radius 3 is 2.70 bits per heavy atom. The van der Waals surface area contributed by atoms with Crippen molar-refractivity contribution in [2.75, 3.05) is 18.9 Å². The largest absolute Gasteiger partial charge is 0.376 e. The first kappa shape index (κ1) is 20.6. The van der Waals surface area contributed by atoms with Gasteiger partial charge in [-0.3, -0.25) is 14.2 Å². The van der Waals surface area contributed by atoms with Gasteiger partial charge in [-0.05, 0) is 49.9 Å². The van der Waals surface area contributed by atoms with Gasteiger partial charge in [0.1, 0.15) is 0 Å². The molecule has 0 bridgehead atoms. The van der Waals surface area contributed by atoms with Crippen molar-refractivity contribution < 1.29 is 9.53 Å². The Labute approximate surface area is 179 Å². The summed E-state index contributed by atoms with van der Waals surface area (Å²) in [6.07, 6.45) is 2.12. The zero-order valence-corrected chi connectivity index (χ0v) is 18.0. The molecule has 0 spiro atoms. The van der Waals surface area contributed by atoms with Gasteiger partial charge >= 0.3 is 0 Å². The zero-order chi connectivity index (χ0) is 21.1. The van der Waals surface area contributed by atoms with Crippen molar-refractivity contribution in [1.82, 2.24) is 14.9 Å². The second kappa shape index (κ2) is 9.02. The molecule has 1 fully saturated rings. The molecular weight excluding hydrogens is 398 g/mol. The number of aryl methyl sites for hydroxylation is 2. The van der Waals surface area contributed by atoms with Crippen molar-refractivity contribution in [1.29, 1.82) is 0 Å². The third-order valence-electron chi connectivity index (χ3n) is 5.29. The number of rotatable bonds is 6. The highest BCUT2D eigenvalue weighted by molar-refractivity contribution is 7.99. The molecule has 2 heterocycles. The van der Waals surface area contributed by atoms with Gasteiger partial charge in [-0.1, -0.05) is 42.1 Å². The first-order valence-corrected chi connectivity index (χ1v) is 11.1. The smallest absolute Gasteiger partial charge is 0.266 e. The lowest BCUT2D eigenvalue weighted by Gasteiger charge is -2.17. The lowest BCUT2D eigenvalue weighted by molar-refractivity contribution is -0.119. The number of aromatic nitrogens is 2. The maximum atomic E-state index is 13.4. The third kappa shape index (κ3) is 4.27. The molecule has 1 unspecified atom stereocenters. The number of carbonyl (C=O) groups excluding carboxylic acids is 1. The minimum absolute atomic E-state index is 0.0917. The molecular formula is C23H25N3O3S. The fourth-order valence-corrected chi connectivity index (χ4v) is 4.61. The monoisotopic (exact) mass is 423 g/mol. The number of nitrogens with one attached hydrogen (secondary N) is 1. The Bertz CT molecular complexity index is 1120. The third-order valence-corrected chi connectivity index (χ3v) is 6.23. The van der Waals surface area contributed by atoms with Gasteiger partial charge in [-0.15, -0.1) is 0 Å². The molecule has 6 nitrogen and oxygen atoms in total. The highest BCUT2D eigenvalue weighted by Crippen LogP contribution is 2.25. The molecule has 0 radical (unpaired) electrons. The van der Waals surface area contributed by atoms with Gasteiger partial charge in [0.05, 0.1) is 28.4 Å². The Morgan fingerprint density at radius 1 is 1.20 bits per heavy atom. The fourth-order valence-electron chi connectivity index (χ4n) is 3.78. The summed E-state index contributed by atoms with van der Waals surface area (Å²) >= 11 is 1.28. The molecule has 1 saturated heterocycles. The zero-order valence-electron chi connectivity index (χ0n) is 17.2. The number of benzene rings is 2. The molecule has 4 rings (SSSR count). The van der Waals surface area contributed by atoms with Crippen molar-refractivity contribution in [3.63, 3.8) is 0 Å². The van der Waals surface area contributed by atoms with E-state index < -0.39 is 0 Å². The molecule has 7 heteroatoms. The van der Waals surface area contributed by atoms with Gasteiger partial charge in [0.25, 0.3) is 5.56 Å². The molecule has 1 N–H and O–H groups in total. The van der Waals surface area contributed by atoms with Gasteiger partial charge in [-0.25, -0.2) is 4.98 Å². The lowest BCUT2D eigenvalue weighted by Crippen LogP contribution is -2.33. The topological polar surface area (TPSA) is 73.2 Å². The van der Waals surface area contributed by atoms with Crippen LogP contribution in [0.3, 0.4) is 0 Å². The highest BCUT2D eigenvalue weighted by Gasteiger charge is 2.19. The molecule has 0 aliphatic carbocycles. The summed E-state index contributed by atoms with van der Waals surface area (Å²) in [5.41, 5.74) is 3.30. The number of nitrogens with zero attached hydrogens (tertiary/aromatic N) is 2. The van der Waals surface area contributed by atoms with Crippen LogP contribution < -0.4 is 10.9 Å². The predicted molar refractivity (Wildman–Crippen MR) is 120 cm³/mol. The van der Waals surface area contributed by atoms with Gasteiger partial charge in [0.2, 0.25) is 5.91 Å². The quantitative estimate of drug-likeness (QED) is 0.486. The van der Waals surface area contributed by atoms with Crippen LogP contribution in [0.15, 0.2) is 52.4 Å². The number of thioether (sulfide) groups is 1. The van der Waals surface area contributed by atoms with Gasteiger partial charge in [0.15, 0.2) is 5.16 Å². The summed E-state index contributed by atoms with van der Waals surface area (Å²) < 4.78 is 7.20. The summed E-state index contributed by atoms with van der Waals surface area (Å²) in [5, 5.41) is 4.01. The summed E-state index contributed by atoms with van der Waals surface area (Å²) in [5.74, 6) is 0.0913. The standard InChI is InChI=1S/C23H25N3O3S/c1-15-7-5-8-16(2)21(15)26-22(28)18-10-3-4-11-19(18)25-23(26)30-14-20(27)24-13-17-9-6-12-29-17/h3-5,7-8,10-11,17H,6,9,12-14H2,1-2H3,(H,24,27). The predicted octanol–water partition coefficient (Wildman–Crippen LogP) is 3.39. The number of hydrogen-bond donors (Lipinski definition) is 1. The molecule has 1 aliphatic heterocycles. The SMILES string of the molecule is Cc1cccc(C)c1-n1c(SCC(=O)NCC2CCCO2)nc2ccccc2c1=O. The summed E-state index contributed by atoms with van der Waals surface area (Å²) in [4.78, 5) is 30.5. The molecule has 1 aromatic heterocycles. The Morgan fingerprint density at radius 2 is 1.97 bits per heavy atom. The van der Waals surface area contributed by atoms with E-state index >= 15 is 0 Å². The maximum absolute atomic E-state index is 13.4. The molecule has 2 aromatic carbocycles. The van der Waals surface area contributed by atoms with Gasteiger partial charge in [0, 0.05) is 13.2 Å². The Balaban J connectivity index is 1.66. The van der Waals surface area contributed by atoms with Crippen LogP contribution in [0.5, 0.6) is 0 Å². The van der Waals surface area contributed by atoms with Crippen LogP contribution >= 0.6 is 11.8 Å². The van der Waals surface area contributed by atoms with E-state index in [1.807, 2.05) is 50.2 Å². The van der Waals surface area contributed by atoms with Crippen LogP contribution in [-0.4, -0.2) is 40.5 Å². The Kier molecular flexibility index (Phi) is 6.20. The van der Waals surface area contributed by atoms with E-state index in [9.17, 15) is 9.59 Å². The molecule has 1 atom stereocenters. The van der Waals surface area contributed by atoms with E-state index in [1.165, 1.54) is 11.8 Å². The molecule has 1 aliphatic rings. The van der Waals surface area contributed by atoms with E-state index in [4.69, 9.17) is 9.72 Å². The first-order valence-electron chi connectivity index (χ1n) is 10.1. The second-order valence-corrected chi connectivity index (χ2v) is 8.46. The number of fused-ring (bicyclic) bond motifs is 1. The van der Waals surface area contributed by atoms with Crippen LogP contribution in [0.1, 0.15) is 24.0 Å². The van der Waals surface area contributed by atoms with E-state index in [1.54, 1.807) is 10.6 Å². The Hall–Kier alpha value is -2.64. The lowest BCUT2D eigenvalue weighted by atomic mass is 10.1. The van der Waals surface area contributed by atoms with E-state index in [0.29, 0.717) is 22.6 Å². The number of ether oxygens (including phenoxy) is 1. The summed E-state index contributed by atoms with van der Waals surface area (Å²) in [6.45, 7) is 5.24. The number of hydrogen-bond acceptors (Lipinski definition) is 5. The molecule has 0 saturated carbocycles. The van der Waals surface area contributed by atoms with Crippen molar-refractivity contribution in [2.24, 2.45) is 0 Å². The second-order valence-electron chi connectivity index (χ2n) is 7.52.